The van der Waals surface area contributed by atoms with E-state index in [1.165, 1.54) is 44.5 Å². The van der Waals surface area contributed by atoms with Crippen LogP contribution in [-0.2, 0) is 32.1 Å². The summed E-state index contributed by atoms with van der Waals surface area (Å²) in [4.78, 5) is 0. The van der Waals surface area contributed by atoms with Crippen molar-refractivity contribution in [1.82, 2.24) is 0 Å². The van der Waals surface area contributed by atoms with Crippen molar-refractivity contribution in [3.63, 3.8) is 0 Å². The quantitative estimate of drug-likeness (QED) is 0.256. The average Bonchev–Trinajstić information content (AvgIpc) is 3.48. The maximum Gasteiger partial charge on any atom is -1.00 e. The van der Waals surface area contributed by atoms with Crippen molar-refractivity contribution < 1.29 is 46.1 Å². The molecule has 0 amide bonds. The van der Waals surface area contributed by atoms with Crippen LogP contribution in [-0.4, -0.2) is 3.71 Å². The first-order valence-electron chi connectivity index (χ1n) is 15.9. The van der Waals surface area contributed by atoms with Crippen LogP contribution < -0.4 is 24.8 Å². The summed E-state index contributed by atoms with van der Waals surface area (Å²) in [5, 5.41) is 0. The van der Waals surface area contributed by atoms with Crippen molar-refractivity contribution in [3.05, 3.63) is 129 Å². The molecule has 2 unspecified atom stereocenters. The van der Waals surface area contributed by atoms with Crippen molar-refractivity contribution in [3.8, 4) is 22.3 Å². The Hall–Kier alpha value is -2.31. The molecule has 232 valence electrons. The molecule has 0 N–H and O–H groups in total. The Morgan fingerprint density at radius 3 is 1.20 bits per heavy atom. The molecule has 0 spiro atoms. The van der Waals surface area contributed by atoms with E-state index in [0.717, 1.165) is 0 Å². The third-order valence-corrected chi connectivity index (χ3v) is 18.4. The van der Waals surface area contributed by atoms with Gasteiger partial charge in [0.05, 0.1) is 0 Å². The number of benzene rings is 4. The van der Waals surface area contributed by atoms with Crippen LogP contribution in [0.25, 0.3) is 34.4 Å². The van der Waals surface area contributed by atoms with Gasteiger partial charge in [0.1, 0.15) is 0 Å². The van der Waals surface area contributed by atoms with E-state index in [2.05, 4.69) is 163 Å². The first-order chi connectivity index (χ1) is 20.4. The second kappa shape index (κ2) is 13.4. The minimum Gasteiger partial charge on any atom is -1.00 e. The van der Waals surface area contributed by atoms with E-state index in [0.29, 0.717) is 7.25 Å². The van der Waals surface area contributed by atoms with Gasteiger partial charge in [-0.15, -0.1) is 0 Å². The van der Waals surface area contributed by atoms with Gasteiger partial charge in [-0.1, -0.05) is 0 Å². The zero-order chi connectivity index (χ0) is 30.7. The molecule has 0 saturated heterocycles. The third-order valence-electron chi connectivity index (χ3n) is 9.68. The van der Waals surface area contributed by atoms with Gasteiger partial charge in [0.15, 0.2) is 0 Å². The summed E-state index contributed by atoms with van der Waals surface area (Å²) >= 11 is -2.23. The molecule has 45 heavy (non-hydrogen) atoms. The number of halogens is 2. The van der Waals surface area contributed by atoms with Gasteiger partial charge in [-0.2, -0.15) is 0 Å². The Balaban J connectivity index is 0.00000230. The molecule has 0 aliphatic heterocycles. The predicted molar refractivity (Wildman–Crippen MR) is 186 cm³/mol. The summed E-state index contributed by atoms with van der Waals surface area (Å²) < 4.78 is 3.79. The van der Waals surface area contributed by atoms with Crippen molar-refractivity contribution in [2.45, 2.75) is 80.4 Å². The molecule has 3 heteroatoms. The van der Waals surface area contributed by atoms with E-state index < -0.39 is 21.3 Å². The van der Waals surface area contributed by atoms with E-state index in [-0.39, 0.29) is 35.6 Å². The molecule has 0 saturated carbocycles. The molecule has 4 aromatic rings. The van der Waals surface area contributed by atoms with E-state index in [1.54, 1.807) is 22.3 Å². The second-order valence-corrected chi connectivity index (χ2v) is 21.4. The van der Waals surface area contributed by atoms with Gasteiger partial charge >= 0.3 is 269 Å². The summed E-state index contributed by atoms with van der Waals surface area (Å²) in [5.41, 5.74) is 17.6. The second-order valence-electron chi connectivity index (χ2n) is 14.7. The first-order valence-corrected chi connectivity index (χ1v) is 20.1. The molecule has 2 atom stereocenters. The summed E-state index contributed by atoms with van der Waals surface area (Å²) in [7, 11) is 0. The molecule has 0 nitrogen and oxygen atoms in total. The zero-order valence-corrected chi connectivity index (χ0v) is 32.2. The number of rotatable bonds is 4. The molecular weight excluding hydrogens is 667 g/mol. The molecule has 0 aromatic heterocycles. The summed E-state index contributed by atoms with van der Waals surface area (Å²) in [6.07, 6.45) is 5.03. The number of hydrogen-bond donors (Lipinski definition) is 0. The summed E-state index contributed by atoms with van der Waals surface area (Å²) in [6, 6.07) is 32.7. The normalized spacial score (nSPS) is 16.7. The molecule has 0 fully saturated rings. The van der Waals surface area contributed by atoms with Crippen molar-refractivity contribution in [2.75, 3.05) is 0 Å². The van der Waals surface area contributed by atoms with Crippen molar-refractivity contribution in [1.29, 1.82) is 0 Å². The fourth-order valence-electron chi connectivity index (χ4n) is 7.29. The minimum atomic E-state index is -2.23. The molecule has 2 aliphatic rings. The number of allylic oxidation sites excluding steroid dienone is 2. The van der Waals surface area contributed by atoms with Gasteiger partial charge in [-0.3, -0.25) is 0 Å². The zero-order valence-electron chi connectivity index (χ0n) is 28.2. The Morgan fingerprint density at radius 1 is 0.533 bits per heavy atom. The average molecular weight is 713 g/mol. The van der Waals surface area contributed by atoms with Crippen LogP contribution in [0, 0.1) is 0 Å². The molecule has 0 radical (unpaired) electrons. The third kappa shape index (κ3) is 6.61. The number of fused-ring (bicyclic) bond motifs is 2. The van der Waals surface area contributed by atoms with E-state index in [9.17, 15) is 0 Å². The molecule has 6 rings (SSSR count). The minimum absolute atomic E-state index is 0. The smallest absolute Gasteiger partial charge is 1.00 e. The molecule has 0 heterocycles. The summed E-state index contributed by atoms with van der Waals surface area (Å²) in [6.45, 7) is 20.9. The van der Waals surface area contributed by atoms with E-state index in [1.807, 2.05) is 0 Å². The van der Waals surface area contributed by atoms with Crippen LogP contribution >= 0.6 is 0 Å². The van der Waals surface area contributed by atoms with Gasteiger partial charge in [0.2, 0.25) is 0 Å². The molecule has 4 aromatic carbocycles. The van der Waals surface area contributed by atoms with Crippen LogP contribution in [0.2, 0.25) is 0 Å². The van der Waals surface area contributed by atoms with Gasteiger partial charge in [0.25, 0.3) is 0 Å². The van der Waals surface area contributed by atoms with Crippen LogP contribution in [0.3, 0.4) is 0 Å². The van der Waals surface area contributed by atoms with Crippen LogP contribution in [0.5, 0.6) is 0 Å². The molecule has 0 bridgehead atoms. The Morgan fingerprint density at radius 2 is 0.889 bits per heavy atom. The van der Waals surface area contributed by atoms with Gasteiger partial charge < -0.3 is 24.8 Å². The molecule has 2 aliphatic carbocycles. The predicted octanol–water partition coefficient (Wildman–Crippen LogP) is 5.68. The van der Waals surface area contributed by atoms with Gasteiger partial charge in [0, 0.05) is 0 Å². The fraction of sp³-hybridized carbons (Fsp3) is 0.310. The topological polar surface area (TPSA) is 0 Å². The number of hydrogen-bond acceptors (Lipinski definition) is 0. The van der Waals surface area contributed by atoms with Crippen LogP contribution in [0.4, 0.5) is 0 Å². The van der Waals surface area contributed by atoms with E-state index >= 15 is 0 Å². The van der Waals surface area contributed by atoms with Crippen molar-refractivity contribution >= 4 is 15.9 Å². The van der Waals surface area contributed by atoms with E-state index in [4.69, 9.17) is 0 Å². The standard InChI is InChI=1S/2C20H21.C2H4.2ClH.Zr/c2*1-14-12-16-6-5-7-18(19(16)13-14)15-8-10-17(11-9-15)20(2,3)4;1-2;;;/h2*5-13H,1-4H3;1H,2H3;2*1H;/q;;;;;+2/p-2. The first kappa shape index (κ1) is 35.5. The monoisotopic (exact) mass is 710 g/mol. The summed E-state index contributed by atoms with van der Waals surface area (Å²) in [5.74, 6) is 0. The van der Waals surface area contributed by atoms with Gasteiger partial charge in [-0.25, -0.2) is 0 Å². The Bertz CT molecular complexity index is 1660. The van der Waals surface area contributed by atoms with Gasteiger partial charge in [-0.05, 0) is 0 Å². The fourth-order valence-corrected chi connectivity index (χ4v) is 15.7. The SMILES string of the molecule is C[CH]=[Zr+2]([CH]1C(C)=Cc2c(-c3ccc(C(C)(C)C)cc3)cccc21)[CH]1C(C)=Cc2c(-c3ccc(C(C)(C)C)cc3)cccc21.[Cl-].[Cl-]. The van der Waals surface area contributed by atoms with Crippen molar-refractivity contribution in [2.24, 2.45) is 0 Å². The maximum atomic E-state index is 2.67. The van der Waals surface area contributed by atoms with Crippen LogP contribution in [0.15, 0.2) is 96.1 Å². The van der Waals surface area contributed by atoms with Crippen LogP contribution in [0.1, 0.15) is 103 Å². The Kier molecular flexibility index (Phi) is 10.6. The molecular formula is C42H46Cl2Zr. The Labute approximate surface area is 292 Å². The largest absolute Gasteiger partial charge is 1.00 e. The maximum absolute atomic E-state index is 2.67.